The maximum Gasteiger partial charge on any atom is 0.239 e. The van der Waals surface area contributed by atoms with E-state index in [2.05, 4.69) is 50.8 Å². The molecule has 1 aromatic heterocycles. The van der Waals surface area contributed by atoms with Gasteiger partial charge in [0.15, 0.2) is 5.82 Å². The van der Waals surface area contributed by atoms with Crippen LogP contribution >= 0.6 is 23.4 Å². The van der Waals surface area contributed by atoms with E-state index in [0.29, 0.717) is 5.89 Å². The van der Waals surface area contributed by atoms with Crippen LogP contribution in [0.1, 0.15) is 62.4 Å². The molecule has 0 radical (unpaired) electrons. The van der Waals surface area contributed by atoms with Gasteiger partial charge in [0.1, 0.15) is 0 Å². The molecular formula is C16H21ClN2OS. The van der Waals surface area contributed by atoms with E-state index < -0.39 is 0 Å². The third kappa shape index (κ3) is 4.01. The summed E-state index contributed by atoms with van der Waals surface area (Å²) in [5.41, 5.74) is 1.03. The van der Waals surface area contributed by atoms with Crippen LogP contribution < -0.4 is 0 Å². The van der Waals surface area contributed by atoms with Crippen molar-refractivity contribution >= 4 is 23.4 Å². The molecule has 0 N–H and O–H groups in total. The minimum atomic E-state index is -0.0967. The highest BCUT2D eigenvalue weighted by Gasteiger charge is 2.24. The Morgan fingerprint density at radius 2 is 1.81 bits per heavy atom. The van der Waals surface area contributed by atoms with Crippen LogP contribution in [0.25, 0.3) is 0 Å². The Hall–Kier alpha value is -1.00. The summed E-state index contributed by atoms with van der Waals surface area (Å²) in [6.45, 7) is 10.4. The zero-order chi connectivity index (χ0) is 15.6. The molecule has 0 aliphatic heterocycles. The normalized spacial score (nSPS) is 15.0. The van der Waals surface area contributed by atoms with Crippen molar-refractivity contribution in [3.63, 3.8) is 0 Å². The molecule has 5 heteroatoms. The third-order valence-electron chi connectivity index (χ3n) is 3.21. The SMILES string of the molecule is CC(SC(C)c1ccccc1Cl)c1nc(C(C)(C)C)no1. The summed E-state index contributed by atoms with van der Waals surface area (Å²) in [4.78, 5) is 4.52. The molecule has 21 heavy (non-hydrogen) atoms. The smallest absolute Gasteiger partial charge is 0.239 e. The molecule has 0 saturated heterocycles. The maximum atomic E-state index is 6.25. The average Bonchev–Trinajstić information content (AvgIpc) is 2.88. The summed E-state index contributed by atoms with van der Waals surface area (Å²) in [5.74, 6) is 1.42. The van der Waals surface area contributed by atoms with Crippen LogP contribution in [0.15, 0.2) is 28.8 Å². The fourth-order valence-electron chi connectivity index (χ4n) is 1.95. The number of halogens is 1. The Labute approximate surface area is 135 Å². The third-order valence-corrected chi connectivity index (χ3v) is 4.83. The lowest BCUT2D eigenvalue weighted by molar-refractivity contribution is 0.364. The Morgan fingerprint density at radius 3 is 2.38 bits per heavy atom. The molecule has 0 saturated carbocycles. The van der Waals surface area contributed by atoms with Gasteiger partial charge in [-0.1, -0.05) is 55.7 Å². The van der Waals surface area contributed by atoms with Gasteiger partial charge in [-0.25, -0.2) is 0 Å². The maximum absolute atomic E-state index is 6.25. The fraction of sp³-hybridized carbons (Fsp3) is 0.500. The van der Waals surface area contributed by atoms with E-state index in [1.54, 1.807) is 11.8 Å². The van der Waals surface area contributed by atoms with E-state index >= 15 is 0 Å². The predicted molar refractivity (Wildman–Crippen MR) is 88.9 cm³/mol. The van der Waals surface area contributed by atoms with Crippen molar-refractivity contribution in [2.24, 2.45) is 0 Å². The molecule has 0 bridgehead atoms. The second kappa shape index (κ2) is 6.41. The summed E-state index contributed by atoms with van der Waals surface area (Å²) in [5, 5.41) is 5.27. The first-order valence-electron chi connectivity index (χ1n) is 7.03. The number of nitrogens with zero attached hydrogens (tertiary/aromatic N) is 2. The molecule has 1 aromatic carbocycles. The van der Waals surface area contributed by atoms with Gasteiger partial charge in [-0.15, -0.1) is 11.8 Å². The Kier molecular flexibility index (Phi) is 4.99. The topological polar surface area (TPSA) is 38.9 Å². The van der Waals surface area contributed by atoms with E-state index in [4.69, 9.17) is 16.1 Å². The molecule has 3 nitrogen and oxygen atoms in total. The zero-order valence-corrected chi connectivity index (χ0v) is 14.6. The highest BCUT2D eigenvalue weighted by atomic mass is 35.5. The minimum Gasteiger partial charge on any atom is -0.338 e. The predicted octanol–water partition coefficient (Wildman–Crippen LogP) is 5.58. The van der Waals surface area contributed by atoms with Crippen molar-refractivity contribution in [2.75, 3.05) is 0 Å². The molecule has 0 spiro atoms. The van der Waals surface area contributed by atoms with Crippen molar-refractivity contribution in [2.45, 2.75) is 50.5 Å². The summed E-state index contributed by atoms with van der Waals surface area (Å²) >= 11 is 8.01. The number of hydrogen-bond acceptors (Lipinski definition) is 4. The van der Waals surface area contributed by atoms with Gasteiger partial charge in [-0.2, -0.15) is 4.98 Å². The average molecular weight is 325 g/mol. The molecule has 0 aliphatic carbocycles. The molecular weight excluding hydrogens is 304 g/mol. The molecule has 2 aromatic rings. The van der Waals surface area contributed by atoms with Crippen LogP contribution in [0, 0.1) is 0 Å². The van der Waals surface area contributed by atoms with Gasteiger partial charge in [0.25, 0.3) is 0 Å². The summed E-state index contributed by atoms with van der Waals surface area (Å²) in [6.07, 6.45) is 0. The number of rotatable bonds is 4. The Morgan fingerprint density at radius 1 is 1.14 bits per heavy atom. The van der Waals surface area contributed by atoms with E-state index in [0.717, 1.165) is 16.4 Å². The van der Waals surface area contributed by atoms with Gasteiger partial charge in [-0.05, 0) is 25.5 Å². The second-order valence-electron chi connectivity index (χ2n) is 6.15. The standard InChI is InChI=1S/C16H21ClN2OS/c1-10(12-8-6-7-9-13(12)17)21-11(2)14-18-15(19-20-14)16(3,4)5/h6-11H,1-5H3. The van der Waals surface area contributed by atoms with Crippen LogP contribution in [0.2, 0.25) is 5.02 Å². The molecule has 0 amide bonds. The monoisotopic (exact) mass is 324 g/mol. The quantitative estimate of drug-likeness (QED) is 0.736. The lowest BCUT2D eigenvalue weighted by Gasteiger charge is -2.16. The van der Waals surface area contributed by atoms with Gasteiger partial charge in [0, 0.05) is 15.7 Å². The Bertz CT molecular complexity index is 606. The van der Waals surface area contributed by atoms with E-state index in [9.17, 15) is 0 Å². The molecule has 1 heterocycles. The first kappa shape index (κ1) is 16.4. The molecule has 2 unspecified atom stereocenters. The van der Waals surface area contributed by atoms with E-state index in [1.807, 2.05) is 18.2 Å². The zero-order valence-electron chi connectivity index (χ0n) is 13.1. The van der Waals surface area contributed by atoms with Crippen molar-refractivity contribution < 1.29 is 4.52 Å². The minimum absolute atomic E-state index is 0.0967. The lowest BCUT2D eigenvalue weighted by atomic mass is 9.96. The summed E-state index contributed by atoms with van der Waals surface area (Å²) < 4.78 is 5.41. The first-order valence-corrected chi connectivity index (χ1v) is 8.35. The number of hydrogen-bond donors (Lipinski definition) is 0. The van der Waals surface area contributed by atoms with Gasteiger partial charge < -0.3 is 4.52 Å². The number of aromatic nitrogens is 2. The summed E-state index contributed by atoms with van der Waals surface area (Å²) in [6, 6.07) is 7.93. The molecule has 0 aliphatic rings. The van der Waals surface area contributed by atoms with Crippen molar-refractivity contribution in [3.8, 4) is 0 Å². The van der Waals surface area contributed by atoms with Crippen LogP contribution in [-0.4, -0.2) is 10.1 Å². The highest BCUT2D eigenvalue weighted by molar-refractivity contribution is 7.99. The number of thioether (sulfide) groups is 1. The molecule has 2 rings (SSSR count). The highest BCUT2D eigenvalue weighted by Crippen LogP contribution is 2.41. The van der Waals surface area contributed by atoms with Gasteiger partial charge in [0.2, 0.25) is 5.89 Å². The fourth-order valence-corrected chi connectivity index (χ4v) is 3.49. The van der Waals surface area contributed by atoms with Gasteiger partial charge >= 0.3 is 0 Å². The van der Waals surface area contributed by atoms with Crippen LogP contribution in [0.3, 0.4) is 0 Å². The number of benzene rings is 1. The first-order chi connectivity index (χ1) is 9.79. The van der Waals surface area contributed by atoms with Gasteiger partial charge in [0.05, 0.1) is 5.25 Å². The van der Waals surface area contributed by atoms with E-state index in [1.165, 1.54) is 0 Å². The summed E-state index contributed by atoms with van der Waals surface area (Å²) in [7, 11) is 0. The van der Waals surface area contributed by atoms with Crippen molar-refractivity contribution in [3.05, 3.63) is 46.6 Å². The van der Waals surface area contributed by atoms with Crippen LogP contribution in [-0.2, 0) is 5.41 Å². The van der Waals surface area contributed by atoms with Crippen LogP contribution in [0.5, 0.6) is 0 Å². The lowest BCUT2D eigenvalue weighted by Crippen LogP contribution is -2.13. The van der Waals surface area contributed by atoms with Crippen LogP contribution in [0.4, 0.5) is 0 Å². The van der Waals surface area contributed by atoms with E-state index in [-0.39, 0.29) is 15.9 Å². The second-order valence-corrected chi connectivity index (χ2v) is 8.24. The molecule has 0 fully saturated rings. The molecule has 2 atom stereocenters. The van der Waals surface area contributed by atoms with Crippen molar-refractivity contribution in [1.82, 2.24) is 10.1 Å². The largest absolute Gasteiger partial charge is 0.338 e. The van der Waals surface area contributed by atoms with Gasteiger partial charge in [-0.3, -0.25) is 0 Å². The Balaban J connectivity index is 2.09. The molecule has 114 valence electrons. The van der Waals surface area contributed by atoms with Crippen molar-refractivity contribution in [1.29, 1.82) is 0 Å².